The van der Waals surface area contributed by atoms with Crippen molar-refractivity contribution in [3.05, 3.63) is 28.5 Å². The number of nitrogens with zero attached hydrogens (tertiary/aromatic N) is 1. The molecule has 1 aromatic rings. The number of benzene rings is 1. The molecule has 0 heterocycles. The van der Waals surface area contributed by atoms with Gasteiger partial charge < -0.3 is 10.5 Å². The minimum absolute atomic E-state index is 0.0119. The topological polar surface area (TPSA) is 64.7 Å². The molecular formula is C10H9Cl2FN2O2. The number of alkyl halides is 1. The third kappa shape index (κ3) is 3.31. The fourth-order valence-electron chi connectivity index (χ4n) is 1.12. The van der Waals surface area contributed by atoms with Gasteiger partial charge in [-0.1, -0.05) is 11.6 Å². The molecule has 0 unspecified atom stereocenters. The SMILES string of the molecule is COC(=O)c1c(F)cc(N=C(N)CCl)cc1Cl. The zero-order chi connectivity index (χ0) is 13.0. The van der Waals surface area contributed by atoms with E-state index in [1.54, 1.807) is 0 Å². The molecule has 0 aliphatic carbocycles. The lowest BCUT2D eigenvalue weighted by Gasteiger charge is -2.05. The second kappa shape index (κ2) is 5.84. The second-order valence-corrected chi connectivity index (χ2v) is 3.69. The number of ether oxygens (including phenoxy) is 1. The Hall–Kier alpha value is -1.33. The maximum Gasteiger partial charge on any atom is 0.342 e. The van der Waals surface area contributed by atoms with Crippen LogP contribution in [0.25, 0.3) is 0 Å². The Bertz CT molecular complexity index is 454. The number of hydrogen-bond donors (Lipinski definition) is 1. The minimum Gasteiger partial charge on any atom is -0.465 e. The molecule has 0 saturated heterocycles. The molecule has 0 aliphatic heterocycles. The molecular weight excluding hydrogens is 270 g/mol. The molecule has 1 rings (SSSR count). The van der Waals surface area contributed by atoms with Crippen LogP contribution >= 0.6 is 23.2 Å². The molecule has 0 aliphatic rings. The predicted octanol–water partition coefficient (Wildman–Crippen LogP) is 2.49. The van der Waals surface area contributed by atoms with E-state index in [4.69, 9.17) is 28.9 Å². The van der Waals surface area contributed by atoms with Crippen LogP contribution in [0, 0.1) is 5.82 Å². The Morgan fingerprint density at radius 2 is 2.24 bits per heavy atom. The second-order valence-electron chi connectivity index (χ2n) is 3.01. The quantitative estimate of drug-likeness (QED) is 0.400. The van der Waals surface area contributed by atoms with Gasteiger partial charge in [-0.25, -0.2) is 14.2 Å². The zero-order valence-electron chi connectivity index (χ0n) is 8.84. The van der Waals surface area contributed by atoms with E-state index in [0.717, 1.165) is 13.2 Å². The lowest BCUT2D eigenvalue weighted by molar-refractivity contribution is 0.0596. The number of aliphatic imine (C=N–C) groups is 1. The van der Waals surface area contributed by atoms with Crippen molar-refractivity contribution in [2.45, 2.75) is 0 Å². The van der Waals surface area contributed by atoms with Crippen molar-refractivity contribution in [3.63, 3.8) is 0 Å². The van der Waals surface area contributed by atoms with Crippen LogP contribution in [-0.4, -0.2) is 24.8 Å². The van der Waals surface area contributed by atoms with Gasteiger partial charge >= 0.3 is 5.97 Å². The maximum absolute atomic E-state index is 13.6. The molecule has 2 N–H and O–H groups in total. The van der Waals surface area contributed by atoms with Crippen molar-refractivity contribution in [1.29, 1.82) is 0 Å². The molecule has 0 saturated carbocycles. The lowest BCUT2D eigenvalue weighted by atomic mass is 10.2. The van der Waals surface area contributed by atoms with Crippen LogP contribution in [0.1, 0.15) is 10.4 Å². The van der Waals surface area contributed by atoms with Gasteiger partial charge in [0.05, 0.1) is 23.7 Å². The minimum atomic E-state index is -0.853. The summed E-state index contributed by atoms with van der Waals surface area (Å²) in [6.07, 6.45) is 0. The van der Waals surface area contributed by atoms with E-state index >= 15 is 0 Å². The smallest absolute Gasteiger partial charge is 0.342 e. The van der Waals surface area contributed by atoms with Crippen LogP contribution in [0.3, 0.4) is 0 Å². The summed E-state index contributed by atoms with van der Waals surface area (Å²) in [6, 6.07) is 2.33. The van der Waals surface area contributed by atoms with Crippen LogP contribution < -0.4 is 5.73 Å². The predicted molar refractivity (Wildman–Crippen MR) is 64.8 cm³/mol. The summed E-state index contributed by atoms with van der Waals surface area (Å²) >= 11 is 11.2. The molecule has 0 fully saturated rings. The van der Waals surface area contributed by atoms with Crippen molar-refractivity contribution in [1.82, 2.24) is 0 Å². The number of hydrogen-bond acceptors (Lipinski definition) is 3. The summed E-state index contributed by atoms with van der Waals surface area (Å²) < 4.78 is 18.0. The van der Waals surface area contributed by atoms with E-state index in [-0.39, 0.29) is 28.0 Å². The first-order valence-corrected chi connectivity index (χ1v) is 5.37. The van der Waals surface area contributed by atoms with Crippen molar-refractivity contribution in [2.24, 2.45) is 10.7 Å². The average Bonchev–Trinajstić information content (AvgIpc) is 2.27. The van der Waals surface area contributed by atoms with Crippen molar-refractivity contribution < 1.29 is 13.9 Å². The zero-order valence-corrected chi connectivity index (χ0v) is 10.3. The Kier molecular flexibility index (Phi) is 4.72. The number of rotatable bonds is 3. The van der Waals surface area contributed by atoms with Crippen LogP contribution in [-0.2, 0) is 4.74 Å². The van der Waals surface area contributed by atoms with E-state index in [1.165, 1.54) is 6.07 Å². The van der Waals surface area contributed by atoms with Crippen LogP contribution in [0.5, 0.6) is 0 Å². The molecule has 4 nitrogen and oxygen atoms in total. The maximum atomic E-state index is 13.6. The van der Waals surface area contributed by atoms with E-state index in [0.29, 0.717) is 0 Å². The third-order valence-electron chi connectivity index (χ3n) is 1.83. The van der Waals surface area contributed by atoms with Crippen LogP contribution in [0.2, 0.25) is 5.02 Å². The van der Waals surface area contributed by atoms with Crippen LogP contribution in [0.4, 0.5) is 10.1 Å². The standard InChI is InChI=1S/C10H9Cl2FN2O2/c1-17-10(16)9-6(12)2-5(3-7(9)13)15-8(14)4-11/h2-3H,4H2,1H3,(H2,14,15). The van der Waals surface area contributed by atoms with Gasteiger partial charge in [0.1, 0.15) is 17.2 Å². The summed E-state index contributed by atoms with van der Waals surface area (Å²) in [5, 5.41) is -0.0991. The van der Waals surface area contributed by atoms with Gasteiger partial charge in [0, 0.05) is 6.07 Å². The number of carbonyl (C=O) groups excluding carboxylic acids is 1. The molecule has 7 heteroatoms. The van der Waals surface area contributed by atoms with Crippen molar-refractivity contribution in [2.75, 3.05) is 13.0 Å². The molecule has 0 atom stereocenters. The number of nitrogens with two attached hydrogens (primary N) is 1. The molecule has 0 aromatic heterocycles. The van der Waals surface area contributed by atoms with E-state index in [9.17, 15) is 9.18 Å². The molecule has 1 aromatic carbocycles. The number of halogens is 3. The average molecular weight is 279 g/mol. The molecule has 0 bridgehead atoms. The highest BCUT2D eigenvalue weighted by atomic mass is 35.5. The summed E-state index contributed by atoms with van der Waals surface area (Å²) in [5.74, 6) is -1.55. The van der Waals surface area contributed by atoms with E-state index in [1.807, 2.05) is 0 Å². The van der Waals surface area contributed by atoms with E-state index < -0.39 is 11.8 Å². The highest BCUT2D eigenvalue weighted by Crippen LogP contribution is 2.26. The Labute approximate surface area is 107 Å². The van der Waals surface area contributed by atoms with Gasteiger partial charge in [-0.05, 0) is 6.07 Å². The number of esters is 1. The first-order chi connectivity index (χ1) is 7.99. The first kappa shape index (κ1) is 13.7. The summed E-state index contributed by atoms with van der Waals surface area (Å²) in [4.78, 5) is 15.0. The summed E-state index contributed by atoms with van der Waals surface area (Å²) in [6.45, 7) is 0. The molecule has 0 radical (unpaired) electrons. The first-order valence-electron chi connectivity index (χ1n) is 4.46. The Morgan fingerprint density at radius 1 is 1.59 bits per heavy atom. The van der Waals surface area contributed by atoms with Gasteiger partial charge in [0.25, 0.3) is 0 Å². The van der Waals surface area contributed by atoms with Gasteiger partial charge in [0.2, 0.25) is 0 Å². The van der Waals surface area contributed by atoms with Gasteiger partial charge in [-0.15, -0.1) is 11.6 Å². The molecule has 92 valence electrons. The van der Waals surface area contributed by atoms with E-state index in [2.05, 4.69) is 9.73 Å². The monoisotopic (exact) mass is 278 g/mol. The normalized spacial score (nSPS) is 11.4. The third-order valence-corrected chi connectivity index (χ3v) is 2.40. The van der Waals surface area contributed by atoms with Gasteiger partial charge in [0.15, 0.2) is 0 Å². The molecule has 17 heavy (non-hydrogen) atoms. The Balaban J connectivity index is 3.23. The number of methoxy groups -OCH3 is 1. The fourth-order valence-corrected chi connectivity index (χ4v) is 1.46. The van der Waals surface area contributed by atoms with Crippen molar-refractivity contribution >= 4 is 40.7 Å². The number of amidine groups is 1. The largest absolute Gasteiger partial charge is 0.465 e. The summed E-state index contributed by atoms with van der Waals surface area (Å²) in [7, 11) is 1.13. The lowest BCUT2D eigenvalue weighted by Crippen LogP contribution is -2.12. The van der Waals surface area contributed by atoms with Gasteiger partial charge in [-0.3, -0.25) is 0 Å². The van der Waals surface area contributed by atoms with Crippen molar-refractivity contribution in [3.8, 4) is 0 Å². The van der Waals surface area contributed by atoms with Crippen LogP contribution in [0.15, 0.2) is 17.1 Å². The number of carbonyl (C=O) groups is 1. The fraction of sp³-hybridized carbons (Fsp3) is 0.200. The highest BCUT2D eigenvalue weighted by Gasteiger charge is 2.17. The highest BCUT2D eigenvalue weighted by molar-refractivity contribution is 6.34. The molecule has 0 spiro atoms. The van der Waals surface area contributed by atoms with Gasteiger partial charge in [-0.2, -0.15) is 0 Å². The Morgan fingerprint density at radius 3 is 2.71 bits per heavy atom. The molecule has 0 amide bonds. The summed E-state index contributed by atoms with van der Waals surface area (Å²) in [5.41, 5.74) is 5.23.